The molecule has 1 heterocycles. The van der Waals surface area contributed by atoms with Crippen molar-refractivity contribution in [3.63, 3.8) is 0 Å². The third-order valence-electron chi connectivity index (χ3n) is 2.85. The second kappa shape index (κ2) is 7.93. The van der Waals surface area contributed by atoms with Gasteiger partial charge in [0.1, 0.15) is 5.75 Å². The molecule has 1 aromatic heterocycles. The number of nitrogens with zero attached hydrogens (tertiary/aromatic N) is 2. The third-order valence-corrected chi connectivity index (χ3v) is 3.08. The predicted octanol–water partition coefficient (Wildman–Crippen LogP) is 2.97. The molecule has 0 unspecified atom stereocenters. The van der Waals surface area contributed by atoms with Crippen molar-refractivity contribution in [3.8, 4) is 11.8 Å². The van der Waals surface area contributed by atoms with E-state index in [1.165, 1.54) is 0 Å². The van der Waals surface area contributed by atoms with Crippen LogP contribution in [0.2, 0.25) is 5.02 Å². The molecule has 0 radical (unpaired) electrons. The fraction of sp³-hybridized carbons (Fsp3) is 0.333. The smallest absolute Gasteiger partial charge is 0.321 e. The van der Waals surface area contributed by atoms with Gasteiger partial charge in [-0.3, -0.25) is 0 Å². The zero-order chi connectivity index (χ0) is 15.1. The van der Waals surface area contributed by atoms with Crippen LogP contribution < -0.4 is 10.1 Å². The predicted molar refractivity (Wildman–Crippen MR) is 81.9 cm³/mol. The molecule has 1 N–H and O–H groups in total. The quantitative estimate of drug-likeness (QED) is 0.797. The number of aromatic nitrogens is 2. The average Bonchev–Trinajstić information content (AvgIpc) is 2.49. The molecule has 112 valence electrons. The van der Waals surface area contributed by atoms with Gasteiger partial charge in [0, 0.05) is 43.2 Å². The van der Waals surface area contributed by atoms with E-state index in [0.29, 0.717) is 29.9 Å². The summed E-state index contributed by atoms with van der Waals surface area (Å²) in [6.07, 6.45) is 3.48. The number of nitrogens with one attached hydrogen (secondary N) is 1. The Kier molecular flexibility index (Phi) is 5.92. The summed E-state index contributed by atoms with van der Waals surface area (Å²) in [5, 5.41) is 3.85. The summed E-state index contributed by atoms with van der Waals surface area (Å²) in [5.41, 5.74) is 1.97. The van der Waals surface area contributed by atoms with E-state index in [2.05, 4.69) is 15.3 Å². The molecule has 0 spiro atoms. The zero-order valence-corrected chi connectivity index (χ0v) is 12.9. The lowest BCUT2D eigenvalue weighted by Crippen LogP contribution is -2.18. The minimum atomic E-state index is 0.306. The molecular weight excluding hydrogens is 290 g/mol. The Balaban J connectivity index is 1.94. The lowest BCUT2D eigenvalue weighted by atomic mass is 10.2. The van der Waals surface area contributed by atoms with Gasteiger partial charge in [0.15, 0.2) is 0 Å². The summed E-state index contributed by atoms with van der Waals surface area (Å²) in [6.45, 7) is 4.10. The molecule has 0 fully saturated rings. The first-order chi connectivity index (χ1) is 10.2. The molecule has 5 nitrogen and oxygen atoms in total. The minimum Gasteiger partial charge on any atom is -0.424 e. The molecule has 0 aliphatic heterocycles. The number of rotatable bonds is 7. The third kappa shape index (κ3) is 4.97. The highest BCUT2D eigenvalue weighted by atomic mass is 35.5. The van der Waals surface area contributed by atoms with Crippen LogP contribution in [0.5, 0.6) is 11.8 Å². The zero-order valence-electron chi connectivity index (χ0n) is 12.1. The van der Waals surface area contributed by atoms with Gasteiger partial charge in [-0.15, -0.1) is 0 Å². The number of aryl methyl sites for hydroxylation is 1. The monoisotopic (exact) mass is 307 g/mol. The average molecular weight is 308 g/mol. The second-order valence-corrected chi connectivity index (χ2v) is 4.99. The second-order valence-electron chi connectivity index (χ2n) is 4.56. The van der Waals surface area contributed by atoms with Gasteiger partial charge in [-0.1, -0.05) is 17.7 Å². The molecule has 0 aliphatic carbocycles. The van der Waals surface area contributed by atoms with Crippen LogP contribution in [-0.2, 0) is 11.3 Å². The summed E-state index contributed by atoms with van der Waals surface area (Å²) < 4.78 is 10.6. The molecule has 0 bridgehead atoms. The van der Waals surface area contributed by atoms with E-state index in [4.69, 9.17) is 21.1 Å². The van der Waals surface area contributed by atoms with Crippen molar-refractivity contribution in [2.24, 2.45) is 0 Å². The molecule has 1 aromatic carbocycles. The maximum Gasteiger partial charge on any atom is 0.321 e. The summed E-state index contributed by atoms with van der Waals surface area (Å²) in [5.74, 6) is 0.661. The van der Waals surface area contributed by atoms with Crippen LogP contribution in [0.4, 0.5) is 0 Å². The SMILES string of the molecule is COCCNCc1cnc(Oc2cc(Cl)ccc2C)nc1. The standard InChI is InChI=1S/C15H18ClN3O2/c1-11-3-4-13(16)7-14(11)21-15-18-9-12(10-19-15)8-17-5-6-20-2/h3-4,7,9-10,17H,5-6,8H2,1-2H3. The molecule has 21 heavy (non-hydrogen) atoms. The molecule has 2 aromatic rings. The molecule has 0 saturated heterocycles. The van der Waals surface area contributed by atoms with Gasteiger partial charge >= 0.3 is 6.01 Å². The number of ether oxygens (including phenoxy) is 2. The van der Waals surface area contributed by atoms with Gasteiger partial charge in [-0.05, 0) is 24.6 Å². The summed E-state index contributed by atoms with van der Waals surface area (Å²) in [7, 11) is 1.68. The van der Waals surface area contributed by atoms with Crippen molar-refractivity contribution in [2.75, 3.05) is 20.3 Å². The fourth-order valence-corrected chi connectivity index (χ4v) is 1.84. The van der Waals surface area contributed by atoms with E-state index in [9.17, 15) is 0 Å². The van der Waals surface area contributed by atoms with Crippen LogP contribution in [0.1, 0.15) is 11.1 Å². The van der Waals surface area contributed by atoms with Gasteiger partial charge < -0.3 is 14.8 Å². The molecule has 2 rings (SSSR count). The van der Waals surface area contributed by atoms with E-state index in [-0.39, 0.29) is 0 Å². The van der Waals surface area contributed by atoms with Crippen LogP contribution in [0.3, 0.4) is 0 Å². The van der Waals surface area contributed by atoms with E-state index in [1.807, 2.05) is 19.1 Å². The van der Waals surface area contributed by atoms with E-state index in [0.717, 1.165) is 17.7 Å². The van der Waals surface area contributed by atoms with Crippen molar-refractivity contribution in [3.05, 3.63) is 46.7 Å². The molecule has 0 saturated carbocycles. The molecule has 6 heteroatoms. The lowest BCUT2D eigenvalue weighted by molar-refractivity contribution is 0.199. The van der Waals surface area contributed by atoms with Crippen molar-refractivity contribution < 1.29 is 9.47 Å². The minimum absolute atomic E-state index is 0.306. The van der Waals surface area contributed by atoms with E-state index in [1.54, 1.807) is 25.6 Å². The number of halogens is 1. The topological polar surface area (TPSA) is 56.3 Å². The van der Waals surface area contributed by atoms with Crippen LogP contribution in [-0.4, -0.2) is 30.2 Å². The largest absolute Gasteiger partial charge is 0.424 e. The maximum atomic E-state index is 5.95. The molecule has 0 atom stereocenters. The van der Waals surface area contributed by atoms with Crippen molar-refractivity contribution in [2.45, 2.75) is 13.5 Å². The number of methoxy groups -OCH3 is 1. The van der Waals surface area contributed by atoms with Gasteiger partial charge in [-0.25, -0.2) is 9.97 Å². The highest BCUT2D eigenvalue weighted by molar-refractivity contribution is 6.30. The van der Waals surface area contributed by atoms with Gasteiger partial charge in [0.25, 0.3) is 0 Å². The Hall–Kier alpha value is -1.69. The van der Waals surface area contributed by atoms with Crippen molar-refractivity contribution in [1.82, 2.24) is 15.3 Å². The first-order valence-corrected chi connectivity index (χ1v) is 7.01. The Morgan fingerprint density at radius 2 is 2.00 bits per heavy atom. The lowest BCUT2D eigenvalue weighted by Gasteiger charge is -2.08. The summed E-state index contributed by atoms with van der Waals surface area (Å²) in [4.78, 5) is 8.39. The summed E-state index contributed by atoms with van der Waals surface area (Å²) >= 11 is 5.95. The highest BCUT2D eigenvalue weighted by Gasteiger charge is 2.05. The first kappa shape index (κ1) is 15.7. The van der Waals surface area contributed by atoms with E-state index >= 15 is 0 Å². The highest BCUT2D eigenvalue weighted by Crippen LogP contribution is 2.25. The van der Waals surface area contributed by atoms with Gasteiger partial charge in [0.05, 0.1) is 6.61 Å². The Morgan fingerprint density at radius 1 is 1.24 bits per heavy atom. The number of hydrogen-bond donors (Lipinski definition) is 1. The Bertz CT molecular complexity index is 576. The van der Waals surface area contributed by atoms with Gasteiger partial charge in [0.2, 0.25) is 0 Å². The molecule has 0 aliphatic rings. The van der Waals surface area contributed by atoms with Crippen molar-refractivity contribution >= 4 is 11.6 Å². The first-order valence-electron chi connectivity index (χ1n) is 6.63. The van der Waals surface area contributed by atoms with E-state index < -0.39 is 0 Å². The number of benzene rings is 1. The molecule has 0 amide bonds. The van der Waals surface area contributed by atoms with Crippen LogP contribution in [0.25, 0.3) is 0 Å². The van der Waals surface area contributed by atoms with Crippen LogP contribution in [0, 0.1) is 6.92 Å². The Morgan fingerprint density at radius 3 is 2.71 bits per heavy atom. The molecular formula is C15H18ClN3O2. The van der Waals surface area contributed by atoms with Crippen LogP contribution in [0.15, 0.2) is 30.6 Å². The number of hydrogen-bond acceptors (Lipinski definition) is 5. The summed E-state index contributed by atoms with van der Waals surface area (Å²) in [6, 6.07) is 5.77. The van der Waals surface area contributed by atoms with Crippen LogP contribution >= 0.6 is 11.6 Å². The fourth-order valence-electron chi connectivity index (χ4n) is 1.68. The Labute approximate surface area is 129 Å². The van der Waals surface area contributed by atoms with Gasteiger partial charge in [-0.2, -0.15) is 0 Å². The normalized spacial score (nSPS) is 10.6. The maximum absolute atomic E-state index is 5.95. The van der Waals surface area contributed by atoms with Crippen molar-refractivity contribution in [1.29, 1.82) is 0 Å².